The van der Waals surface area contributed by atoms with Gasteiger partial charge in [0.1, 0.15) is 6.04 Å². The van der Waals surface area contributed by atoms with Gasteiger partial charge in [-0.25, -0.2) is 0 Å². The maximum Gasteiger partial charge on any atom is 0.249 e. The quantitative estimate of drug-likeness (QED) is 0.535. The number of rotatable bonds is 9. The van der Waals surface area contributed by atoms with E-state index in [0.29, 0.717) is 11.6 Å². The molecule has 0 aromatic rings. The molecule has 7 nitrogen and oxygen atoms in total. The molecule has 2 fully saturated rings. The fraction of sp³-hybridized carbons (Fsp3) is 0.808. The first kappa shape index (κ1) is 27.4. The van der Waals surface area contributed by atoms with Crippen LogP contribution in [0.3, 0.4) is 0 Å². The van der Waals surface area contributed by atoms with E-state index in [2.05, 4.69) is 37.9 Å². The van der Waals surface area contributed by atoms with Crippen molar-refractivity contribution in [3.05, 3.63) is 11.6 Å². The van der Waals surface area contributed by atoms with Gasteiger partial charge in [0.05, 0.1) is 12.1 Å². The van der Waals surface area contributed by atoms with Crippen molar-refractivity contribution in [2.75, 3.05) is 26.7 Å². The Balaban J connectivity index is 2.16. The summed E-state index contributed by atoms with van der Waals surface area (Å²) in [5.41, 5.74) is 0.674. The van der Waals surface area contributed by atoms with Gasteiger partial charge >= 0.3 is 0 Å². The number of nitrogens with one attached hydrogen (secondary N) is 1. The normalized spacial score (nSPS) is 21.7. The molecule has 0 radical (unpaired) electrons. The molecule has 0 spiro atoms. The van der Waals surface area contributed by atoms with E-state index in [1.165, 1.54) is 0 Å². The van der Waals surface area contributed by atoms with Crippen LogP contribution in [0.5, 0.6) is 0 Å². The molecule has 3 amide bonds. The molecule has 2 heterocycles. The summed E-state index contributed by atoms with van der Waals surface area (Å²) in [4.78, 5) is 45.3. The number of likely N-dealkylation sites (N-methyl/N-ethyl adjacent to an activating group) is 1. The van der Waals surface area contributed by atoms with Crippen LogP contribution >= 0.6 is 0 Å². The smallest absolute Gasteiger partial charge is 0.249 e. The Morgan fingerprint density at radius 3 is 2.06 bits per heavy atom. The van der Waals surface area contributed by atoms with E-state index in [0.717, 1.165) is 45.3 Å². The highest BCUT2D eigenvalue weighted by atomic mass is 16.2. The van der Waals surface area contributed by atoms with E-state index >= 15 is 0 Å². The third-order valence-corrected chi connectivity index (χ3v) is 7.12. The fourth-order valence-electron chi connectivity index (χ4n) is 4.83. The maximum absolute atomic E-state index is 13.6. The lowest BCUT2D eigenvalue weighted by Crippen LogP contribution is -2.58. The predicted molar refractivity (Wildman–Crippen MR) is 133 cm³/mol. The van der Waals surface area contributed by atoms with E-state index in [4.69, 9.17) is 0 Å². The standard InChI is InChI=1S/C26H46N4O3/c1-17(2)22(16-20(7)25(32)29-13-11-14-29)28(8)26(33)23(18(3)4)27-24(31)21-12-9-10-15-30(21)19(5)6/h16-19,21-23H,9-15H2,1-8H3,(H,27,31)/b20-16+. The van der Waals surface area contributed by atoms with Gasteiger partial charge in [-0.3, -0.25) is 19.3 Å². The topological polar surface area (TPSA) is 73.0 Å². The summed E-state index contributed by atoms with van der Waals surface area (Å²) in [6, 6.07) is -0.711. The van der Waals surface area contributed by atoms with Crippen molar-refractivity contribution in [2.45, 2.75) is 98.3 Å². The van der Waals surface area contributed by atoms with E-state index in [-0.39, 0.29) is 41.6 Å². The molecule has 3 atom stereocenters. The van der Waals surface area contributed by atoms with Gasteiger partial charge in [0.2, 0.25) is 17.7 Å². The van der Waals surface area contributed by atoms with Crippen molar-refractivity contribution in [3.63, 3.8) is 0 Å². The summed E-state index contributed by atoms with van der Waals surface area (Å²) in [6.45, 7) is 16.6. The van der Waals surface area contributed by atoms with E-state index in [1.54, 1.807) is 11.9 Å². The summed E-state index contributed by atoms with van der Waals surface area (Å²) < 4.78 is 0. The van der Waals surface area contributed by atoms with Crippen molar-refractivity contribution in [1.82, 2.24) is 20.0 Å². The summed E-state index contributed by atoms with van der Waals surface area (Å²) in [5.74, 6) is -0.0152. The van der Waals surface area contributed by atoms with Crippen LogP contribution in [0.15, 0.2) is 11.6 Å². The molecule has 0 saturated carbocycles. The second kappa shape index (κ2) is 12.0. The molecule has 33 heavy (non-hydrogen) atoms. The maximum atomic E-state index is 13.6. The number of carbonyl (C=O) groups excluding carboxylic acids is 3. The van der Waals surface area contributed by atoms with Gasteiger partial charge in [-0.15, -0.1) is 0 Å². The Kier molecular flexibility index (Phi) is 9.95. The molecule has 2 rings (SSSR count). The summed E-state index contributed by atoms with van der Waals surface area (Å²) >= 11 is 0. The SMILES string of the molecule is C/C(=C\C(C(C)C)N(C)C(=O)C(NC(=O)C1CCCCN1C(C)C)C(C)C)C(=O)N1CCC1. The van der Waals surface area contributed by atoms with Gasteiger partial charge in [-0.05, 0) is 58.4 Å². The zero-order valence-corrected chi connectivity index (χ0v) is 22.1. The zero-order chi connectivity index (χ0) is 24.9. The second-order valence-corrected chi connectivity index (χ2v) is 10.8. The number of amides is 3. The molecule has 0 bridgehead atoms. The number of hydrogen-bond donors (Lipinski definition) is 1. The van der Waals surface area contributed by atoms with Crippen molar-refractivity contribution in [1.29, 1.82) is 0 Å². The Bertz CT molecular complexity index is 727. The predicted octanol–water partition coefficient (Wildman–Crippen LogP) is 3.05. The highest BCUT2D eigenvalue weighted by molar-refractivity contribution is 5.94. The van der Waals surface area contributed by atoms with Crippen LogP contribution in [0.25, 0.3) is 0 Å². The molecule has 0 aromatic heterocycles. The van der Waals surface area contributed by atoms with Crippen LogP contribution in [0, 0.1) is 11.8 Å². The van der Waals surface area contributed by atoms with Crippen molar-refractivity contribution >= 4 is 17.7 Å². The second-order valence-electron chi connectivity index (χ2n) is 10.8. The van der Waals surface area contributed by atoms with Gasteiger partial charge in [-0.2, -0.15) is 0 Å². The first-order valence-electron chi connectivity index (χ1n) is 12.8. The third kappa shape index (κ3) is 6.81. The average Bonchev–Trinajstić information content (AvgIpc) is 2.72. The third-order valence-electron chi connectivity index (χ3n) is 7.12. The minimum Gasteiger partial charge on any atom is -0.343 e. The number of hydrogen-bond acceptors (Lipinski definition) is 4. The Hall–Kier alpha value is -1.89. The first-order valence-corrected chi connectivity index (χ1v) is 12.8. The van der Waals surface area contributed by atoms with Gasteiger partial charge in [0.25, 0.3) is 0 Å². The molecular formula is C26H46N4O3. The number of piperidine rings is 1. The molecule has 0 aliphatic carbocycles. The van der Waals surface area contributed by atoms with Crippen LogP contribution in [-0.2, 0) is 14.4 Å². The Labute approximate surface area is 200 Å². The van der Waals surface area contributed by atoms with Crippen LogP contribution in [0.1, 0.15) is 74.1 Å². The minimum absolute atomic E-state index is 0.0411. The molecule has 1 N–H and O–H groups in total. The molecule has 2 saturated heterocycles. The lowest BCUT2D eigenvalue weighted by atomic mass is 9.95. The van der Waals surface area contributed by atoms with Crippen molar-refractivity contribution < 1.29 is 14.4 Å². The molecule has 7 heteroatoms. The Morgan fingerprint density at radius 1 is 0.939 bits per heavy atom. The molecule has 2 aliphatic rings. The van der Waals surface area contributed by atoms with E-state index in [1.807, 2.05) is 31.7 Å². The molecule has 188 valence electrons. The number of likely N-dealkylation sites (tertiary alicyclic amines) is 2. The fourth-order valence-corrected chi connectivity index (χ4v) is 4.83. The molecular weight excluding hydrogens is 416 g/mol. The monoisotopic (exact) mass is 462 g/mol. The lowest BCUT2D eigenvalue weighted by Gasteiger charge is -2.39. The first-order chi connectivity index (χ1) is 15.5. The lowest BCUT2D eigenvalue weighted by molar-refractivity contribution is -0.140. The van der Waals surface area contributed by atoms with E-state index < -0.39 is 6.04 Å². The van der Waals surface area contributed by atoms with Crippen LogP contribution < -0.4 is 5.32 Å². The van der Waals surface area contributed by atoms with Gasteiger partial charge in [0, 0.05) is 31.8 Å². The van der Waals surface area contributed by atoms with Crippen LogP contribution in [0.2, 0.25) is 0 Å². The molecule has 3 unspecified atom stereocenters. The average molecular weight is 463 g/mol. The van der Waals surface area contributed by atoms with Crippen molar-refractivity contribution in [3.8, 4) is 0 Å². The highest BCUT2D eigenvalue weighted by Gasteiger charge is 2.36. The van der Waals surface area contributed by atoms with Crippen molar-refractivity contribution in [2.24, 2.45) is 11.8 Å². The zero-order valence-electron chi connectivity index (χ0n) is 22.1. The van der Waals surface area contributed by atoms with Crippen LogP contribution in [0.4, 0.5) is 0 Å². The Morgan fingerprint density at radius 2 is 1.58 bits per heavy atom. The summed E-state index contributed by atoms with van der Waals surface area (Å²) in [5, 5.41) is 3.09. The van der Waals surface area contributed by atoms with Gasteiger partial charge < -0.3 is 15.1 Å². The van der Waals surface area contributed by atoms with Crippen LogP contribution in [-0.4, -0.2) is 83.3 Å². The number of carbonyl (C=O) groups is 3. The van der Waals surface area contributed by atoms with Gasteiger partial charge in [0.15, 0.2) is 0 Å². The minimum atomic E-state index is -0.598. The largest absolute Gasteiger partial charge is 0.343 e. The highest BCUT2D eigenvalue weighted by Crippen LogP contribution is 2.22. The molecule has 2 aliphatic heterocycles. The summed E-state index contributed by atoms with van der Waals surface area (Å²) in [6.07, 6.45) is 5.94. The summed E-state index contributed by atoms with van der Waals surface area (Å²) in [7, 11) is 1.79. The van der Waals surface area contributed by atoms with E-state index in [9.17, 15) is 14.4 Å². The van der Waals surface area contributed by atoms with Gasteiger partial charge in [-0.1, -0.05) is 40.2 Å². The molecule has 0 aromatic carbocycles. The number of nitrogens with zero attached hydrogens (tertiary/aromatic N) is 3.